The van der Waals surface area contributed by atoms with E-state index in [4.69, 9.17) is 38.1 Å². The van der Waals surface area contributed by atoms with Crippen LogP contribution >= 0.6 is 45.9 Å². The highest BCUT2D eigenvalue weighted by Gasteiger charge is 2.26. The summed E-state index contributed by atoms with van der Waals surface area (Å²) in [5.41, 5.74) is 5.62. The first-order valence-electron chi connectivity index (χ1n) is 11.2. The second-order valence-electron chi connectivity index (χ2n) is 8.24. The fourth-order valence-corrected chi connectivity index (χ4v) is 6.16. The Labute approximate surface area is 238 Å². The number of fused-ring (bicyclic) bond motifs is 1. The van der Waals surface area contributed by atoms with Crippen molar-refractivity contribution in [3.05, 3.63) is 85.5 Å². The minimum Gasteiger partial charge on any atom is -0.484 e. The smallest absolute Gasteiger partial charge is 0.291 e. The molecule has 0 bridgehead atoms. The molecule has 4 aromatic heterocycles. The zero-order chi connectivity index (χ0) is 27.8. The van der Waals surface area contributed by atoms with Crippen LogP contribution in [0.2, 0.25) is 10.0 Å². The number of nitrogens with zero attached hydrogens (tertiary/aromatic N) is 1. The van der Waals surface area contributed by atoms with E-state index in [0.717, 1.165) is 16.2 Å². The zero-order valence-electron chi connectivity index (χ0n) is 19.9. The van der Waals surface area contributed by atoms with E-state index in [0.29, 0.717) is 37.4 Å². The van der Waals surface area contributed by atoms with Crippen LogP contribution < -0.4 is 15.8 Å². The van der Waals surface area contributed by atoms with Crippen LogP contribution in [-0.2, 0) is 6.61 Å². The molecule has 0 atom stereocenters. The summed E-state index contributed by atoms with van der Waals surface area (Å²) in [4.78, 5) is 31.2. The van der Waals surface area contributed by atoms with Gasteiger partial charge in [0.25, 0.3) is 18.2 Å². The van der Waals surface area contributed by atoms with E-state index in [2.05, 4.69) is 10.3 Å². The van der Waals surface area contributed by atoms with E-state index in [1.165, 1.54) is 29.5 Å². The fourth-order valence-electron chi connectivity index (χ4n) is 3.79. The number of nitrogens with two attached hydrogens (primary N) is 1. The van der Waals surface area contributed by atoms with Crippen LogP contribution in [0.15, 0.2) is 52.9 Å². The molecule has 0 aliphatic carbocycles. The van der Waals surface area contributed by atoms with Gasteiger partial charge in [-0.2, -0.15) is 0 Å². The van der Waals surface area contributed by atoms with Gasteiger partial charge in [-0.3, -0.25) is 9.59 Å². The highest BCUT2D eigenvalue weighted by atomic mass is 35.5. The second-order valence-corrected chi connectivity index (χ2v) is 11.4. The van der Waals surface area contributed by atoms with Gasteiger partial charge in [-0.1, -0.05) is 23.2 Å². The van der Waals surface area contributed by atoms with Crippen LogP contribution in [0.5, 0.6) is 5.75 Å². The van der Waals surface area contributed by atoms with Gasteiger partial charge in [0.2, 0.25) is 0 Å². The molecular weight excluding hydrogens is 591 g/mol. The lowest BCUT2D eigenvalue weighted by molar-refractivity contribution is 0.0992. The molecule has 1 aromatic carbocycles. The summed E-state index contributed by atoms with van der Waals surface area (Å²) in [6, 6.07) is 12.6. The normalized spacial score (nSPS) is 11.3. The van der Waals surface area contributed by atoms with Gasteiger partial charge < -0.3 is 20.2 Å². The number of amides is 2. The number of hydrogen-bond donors (Lipinski definition) is 2. The average Bonchev–Trinajstić information content (AvgIpc) is 3.62. The minimum atomic E-state index is -2.84. The number of alkyl halides is 2. The summed E-state index contributed by atoms with van der Waals surface area (Å²) in [5.74, 6) is -0.884. The molecule has 0 aliphatic rings. The van der Waals surface area contributed by atoms with Crippen LogP contribution in [0.4, 0.5) is 14.5 Å². The number of carbonyl (C=O) groups excluding carboxylic acids is 2. The predicted molar refractivity (Wildman–Crippen MR) is 149 cm³/mol. The lowest BCUT2D eigenvalue weighted by atomic mass is 10.1. The van der Waals surface area contributed by atoms with Crippen LogP contribution in [-0.4, -0.2) is 16.8 Å². The van der Waals surface area contributed by atoms with Gasteiger partial charge in [0.15, 0.2) is 5.76 Å². The third kappa shape index (κ3) is 5.62. The number of pyridine rings is 1. The van der Waals surface area contributed by atoms with Crippen LogP contribution in [0, 0.1) is 6.92 Å². The fraction of sp³-hybridized carbons (Fsp3) is 0.115. The molecule has 0 saturated heterocycles. The lowest BCUT2D eigenvalue weighted by Crippen LogP contribution is -2.16. The Morgan fingerprint density at radius 2 is 1.92 bits per heavy atom. The number of rotatable bonds is 8. The number of aromatic nitrogens is 1. The van der Waals surface area contributed by atoms with Crippen LogP contribution in [0.1, 0.15) is 43.0 Å². The molecule has 3 N–H and O–H groups in total. The number of carbonyl (C=O) groups is 2. The maximum atomic E-state index is 13.7. The quantitative estimate of drug-likeness (QED) is 0.185. The van der Waals surface area contributed by atoms with E-state index in [1.807, 2.05) is 13.0 Å². The van der Waals surface area contributed by atoms with Crippen molar-refractivity contribution in [2.24, 2.45) is 5.73 Å². The zero-order valence-corrected chi connectivity index (χ0v) is 23.0. The number of primary amides is 1. The molecule has 0 spiro atoms. The van der Waals surface area contributed by atoms with Crippen molar-refractivity contribution in [3.63, 3.8) is 0 Å². The number of halogens is 4. The van der Waals surface area contributed by atoms with Gasteiger partial charge in [-0.25, -0.2) is 13.8 Å². The molecule has 200 valence electrons. The van der Waals surface area contributed by atoms with E-state index < -0.39 is 23.9 Å². The maximum Gasteiger partial charge on any atom is 0.291 e. The molecule has 39 heavy (non-hydrogen) atoms. The van der Waals surface area contributed by atoms with Crippen LogP contribution in [0.3, 0.4) is 0 Å². The third-order valence-electron chi connectivity index (χ3n) is 5.52. The Kier molecular flexibility index (Phi) is 7.59. The van der Waals surface area contributed by atoms with E-state index >= 15 is 0 Å². The van der Waals surface area contributed by atoms with Gasteiger partial charge >= 0.3 is 0 Å². The summed E-state index contributed by atoms with van der Waals surface area (Å²) in [7, 11) is 0. The number of nitrogens with one attached hydrogen (secondary N) is 1. The standard InChI is InChI=1S/C26H17Cl2F2N3O4S2/c1-11-2-7-19(38-11)14-9-16(23(29)30)32-26-20(14)21(22(39-26)24(31)34)33-25(35)18-6-4-13(37-18)10-36-17-5-3-12(27)8-15(17)28/h2-9,23H,10H2,1H3,(H2,31,34)(H,33,35). The van der Waals surface area contributed by atoms with Gasteiger partial charge in [-0.15, -0.1) is 22.7 Å². The first-order chi connectivity index (χ1) is 18.6. The molecule has 7 nitrogen and oxygen atoms in total. The van der Waals surface area contributed by atoms with Crippen LogP contribution in [0.25, 0.3) is 20.7 Å². The molecule has 0 unspecified atom stereocenters. The molecule has 0 aliphatic heterocycles. The van der Waals surface area contributed by atoms with Crippen molar-refractivity contribution in [1.29, 1.82) is 0 Å². The van der Waals surface area contributed by atoms with Crippen molar-refractivity contribution >= 4 is 73.6 Å². The topological polar surface area (TPSA) is 107 Å². The van der Waals surface area contributed by atoms with Gasteiger partial charge in [-0.05, 0) is 55.5 Å². The number of anilines is 1. The summed E-state index contributed by atoms with van der Waals surface area (Å²) in [5, 5.41) is 3.78. The number of benzene rings is 1. The first-order valence-corrected chi connectivity index (χ1v) is 13.6. The number of ether oxygens (including phenoxy) is 1. The van der Waals surface area contributed by atoms with E-state index in [9.17, 15) is 18.4 Å². The molecule has 0 fully saturated rings. The largest absolute Gasteiger partial charge is 0.484 e. The highest BCUT2D eigenvalue weighted by molar-refractivity contribution is 7.21. The lowest BCUT2D eigenvalue weighted by Gasteiger charge is -2.09. The third-order valence-corrected chi connectivity index (χ3v) is 8.19. The Morgan fingerprint density at radius 3 is 2.59 bits per heavy atom. The molecule has 5 rings (SSSR count). The Hall–Kier alpha value is -3.51. The minimum absolute atomic E-state index is 0.0231. The van der Waals surface area contributed by atoms with E-state index in [1.54, 1.807) is 24.3 Å². The molecule has 0 saturated carbocycles. The van der Waals surface area contributed by atoms with Gasteiger partial charge in [0, 0.05) is 25.7 Å². The Balaban J connectivity index is 1.48. The number of aryl methyl sites for hydroxylation is 1. The second kappa shape index (κ2) is 10.9. The molecule has 13 heteroatoms. The van der Waals surface area contributed by atoms with Gasteiger partial charge in [0.1, 0.15) is 33.5 Å². The number of hydrogen-bond acceptors (Lipinski definition) is 7. The van der Waals surface area contributed by atoms with E-state index in [-0.39, 0.29) is 27.8 Å². The van der Waals surface area contributed by atoms with Crippen molar-refractivity contribution < 1.29 is 27.5 Å². The molecule has 0 radical (unpaired) electrons. The van der Waals surface area contributed by atoms with Crippen molar-refractivity contribution in [1.82, 2.24) is 4.98 Å². The first kappa shape index (κ1) is 27.1. The van der Waals surface area contributed by atoms with Crippen molar-refractivity contribution in [2.45, 2.75) is 20.0 Å². The SMILES string of the molecule is Cc1ccc(-c2cc(C(F)F)nc3sc(C(N)=O)c(NC(=O)c4ccc(COc5ccc(Cl)cc5Cl)o4)c23)s1. The Bertz CT molecular complexity index is 1730. The molecule has 2 amide bonds. The maximum absolute atomic E-state index is 13.7. The van der Waals surface area contributed by atoms with Crippen molar-refractivity contribution in [2.75, 3.05) is 5.32 Å². The highest BCUT2D eigenvalue weighted by Crippen LogP contribution is 2.44. The van der Waals surface area contributed by atoms with Crippen molar-refractivity contribution in [3.8, 4) is 16.2 Å². The summed E-state index contributed by atoms with van der Waals surface area (Å²) in [6.07, 6.45) is -2.84. The molecule has 4 heterocycles. The summed E-state index contributed by atoms with van der Waals surface area (Å²) >= 11 is 14.2. The number of furan rings is 1. The molecule has 5 aromatic rings. The number of thiophene rings is 2. The van der Waals surface area contributed by atoms with Gasteiger partial charge in [0.05, 0.1) is 10.7 Å². The summed E-state index contributed by atoms with van der Waals surface area (Å²) in [6.45, 7) is 1.86. The average molecular weight is 608 g/mol. The summed E-state index contributed by atoms with van der Waals surface area (Å²) < 4.78 is 38.6. The monoisotopic (exact) mass is 607 g/mol. The Morgan fingerprint density at radius 1 is 1.13 bits per heavy atom. The molecular formula is C26H17Cl2F2N3O4S2. The predicted octanol–water partition coefficient (Wildman–Crippen LogP) is 8.10.